The van der Waals surface area contributed by atoms with E-state index in [0.717, 1.165) is 17.7 Å². The van der Waals surface area contributed by atoms with Gasteiger partial charge in [-0.2, -0.15) is 4.98 Å². The van der Waals surface area contributed by atoms with Crippen LogP contribution in [0.2, 0.25) is 0 Å². The molecule has 1 aromatic carbocycles. The highest BCUT2D eigenvalue weighted by atomic mass is 16.3. The first kappa shape index (κ1) is 21.9. The average molecular weight is 461 g/mol. The number of aromatic nitrogens is 2. The predicted molar refractivity (Wildman–Crippen MR) is 131 cm³/mol. The van der Waals surface area contributed by atoms with Crippen LogP contribution in [-0.2, 0) is 15.0 Å². The minimum Gasteiger partial charge on any atom is -0.459 e. The molecule has 9 nitrogen and oxygen atoms in total. The third-order valence-corrected chi connectivity index (χ3v) is 6.69. The van der Waals surface area contributed by atoms with Gasteiger partial charge in [0.1, 0.15) is 5.52 Å². The Morgan fingerprint density at radius 2 is 1.97 bits per heavy atom. The first-order chi connectivity index (χ1) is 16.2. The molecular weight excluding hydrogens is 432 g/mol. The van der Waals surface area contributed by atoms with Crippen molar-refractivity contribution in [1.29, 1.82) is 0 Å². The third-order valence-electron chi connectivity index (χ3n) is 6.69. The number of hydrogen-bond acceptors (Lipinski definition) is 7. The Labute approximate surface area is 197 Å². The second-order valence-electron chi connectivity index (χ2n) is 9.97. The molecule has 2 amide bonds. The molecule has 2 aromatic heterocycles. The Morgan fingerprint density at radius 1 is 1.18 bits per heavy atom. The predicted octanol–water partition coefficient (Wildman–Crippen LogP) is 3.92. The maximum Gasteiger partial charge on any atom is 0.229 e. The van der Waals surface area contributed by atoms with Crippen LogP contribution in [-0.4, -0.2) is 28.3 Å². The zero-order chi connectivity index (χ0) is 24.0. The molecule has 4 unspecified atom stereocenters. The van der Waals surface area contributed by atoms with Gasteiger partial charge in [0, 0.05) is 23.5 Å². The number of furan rings is 1. The summed E-state index contributed by atoms with van der Waals surface area (Å²) in [6, 6.07) is 7.37. The summed E-state index contributed by atoms with van der Waals surface area (Å²) in [5.74, 6) is 0.621. The van der Waals surface area contributed by atoms with Gasteiger partial charge in [-0.1, -0.05) is 39.0 Å². The molecule has 0 saturated heterocycles. The summed E-state index contributed by atoms with van der Waals surface area (Å²) in [7, 11) is 0. The van der Waals surface area contributed by atoms with Gasteiger partial charge >= 0.3 is 0 Å². The number of rotatable bonds is 7. The first-order valence-electron chi connectivity index (χ1n) is 11.4. The van der Waals surface area contributed by atoms with E-state index in [1.165, 1.54) is 0 Å². The van der Waals surface area contributed by atoms with Crippen molar-refractivity contribution in [3.05, 3.63) is 48.2 Å². The lowest BCUT2D eigenvalue weighted by atomic mass is 9.85. The van der Waals surface area contributed by atoms with E-state index >= 15 is 0 Å². The largest absolute Gasteiger partial charge is 0.459 e. The summed E-state index contributed by atoms with van der Waals surface area (Å²) in [6.45, 7) is 6.26. The number of benzene rings is 1. The van der Waals surface area contributed by atoms with Crippen LogP contribution in [0.1, 0.15) is 32.8 Å². The van der Waals surface area contributed by atoms with Crippen molar-refractivity contribution < 1.29 is 14.0 Å². The lowest BCUT2D eigenvalue weighted by Crippen LogP contribution is -2.41. The summed E-state index contributed by atoms with van der Waals surface area (Å²) in [6.07, 6.45) is 7.35. The number of carbonyl (C=O) groups excluding carboxylic acids is 2. The van der Waals surface area contributed by atoms with Gasteiger partial charge in [0.15, 0.2) is 11.4 Å². The quantitative estimate of drug-likeness (QED) is 0.310. The van der Waals surface area contributed by atoms with Crippen LogP contribution in [0.4, 0.5) is 23.1 Å². The molecule has 9 heteroatoms. The standard InChI is InChI=1S/C25H28N6O3/c1-25(2,3)16-7-6-15(11-18(16)27-12-32)28-24-29-17-8-9-34-21(17)23(31-24)30-20-14-5-4-13(10-14)19(20)22(26)33/h4-9,11-14,19-20H,10H2,1-3H3,(H2,26,33)(H,27,32)(H2,28,29,30,31). The average Bonchev–Trinajstić information content (AvgIpc) is 3.49. The molecule has 2 aliphatic carbocycles. The number of amides is 2. The van der Waals surface area contributed by atoms with Crippen molar-refractivity contribution in [2.45, 2.75) is 38.6 Å². The van der Waals surface area contributed by atoms with E-state index < -0.39 is 0 Å². The second kappa shape index (κ2) is 8.16. The van der Waals surface area contributed by atoms with Crippen molar-refractivity contribution in [3.63, 3.8) is 0 Å². The molecular formula is C25H28N6O3. The molecule has 0 aliphatic heterocycles. The van der Waals surface area contributed by atoms with Gasteiger partial charge in [0.05, 0.1) is 12.2 Å². The van der Waals surface area contributed by atoms with E-state index in [2.05, 4.69) is 58.8 Å². The molecule has 5 N–H and O–H groups in total. The third kappa shape index (κ3) is 3.87. The van der Waals surface area contributed by atoms with Crippen molar-refractivity contribution >= 4 is 46.6 Å². The Hall–Kier alpha value is -3.88. The lowest BCUT2D eigenvalue weighted by Gasteiger charge is -2.27. The lowest BCUT2D eigenvalue weighted by molar-refractivity contribution is -0.122. The molecule has 1 fully saturated rings. The van der Waals surface area contributed by atoms with E-state index in [1.54, 1.807) is 12.3 Å². The first-order valence-corrected chi connectivity index (χ1v) is 11.4. The highest BCUT2D eigenvalue weighted by Gasteiger charge is 2.47. The summed E-state index contributed by atoms with van der Waals surface area (Å²) in [4.78, 5) is 32.5. The fourth-order valence-corrected chi connectivity index (χ4v) is 5.17. The van der Waals surface area contributed by atoms with Crippen molar-refractivity contribution in [2.24, 2.45) is 23.5 Å². The Bertz CT molecular complexity index is 1290. The molecule has 34 heavy (non-hydrogen) atoms. The number of fused-ring (bicyclic) bond motifs is 3. The summed E-state index contributed by atoms with van der Waals surface area (Å²) < 4.78 is 5.65. The van der Waals surface area contributed by atoms with E-state index in [-0.39, 0.29) is 35.1 Å². The van der Waals surface area contributed by atoms with Crippen molar-refractivity contribution in [1.82, 2.24) is 9.97 Å². The van der Waals surface area contributed by atoms with Gasteiger partial charge in [-0.3, -0.25) is 9.59 Å². The molecule has 0 radical (unpaired) electrons. The highest BCUT2D eigenvalue weighted by molar-refractivity contribution is 5.86. The number of nitrogens with zero attached hydrogens (tertiary/aromatic N) is 2. The monoisotopic (exact) mass is 460 g/mol. The smallest absolute Gasteiger partial charge is 0.229 e. The molecule has 176 valence electrons. The zero-order valence-electron chi connectivity index (χ0n) is 19.3. The number of allylic oxidation sites excluding steroid dienone is 1. The van der Waals surface area contributed by atoms with Crippen LogP contribution in [0.25, 0.3) is 11.1 Å². The minimum absolute atomic E-state index is 0.140. The van der Waals surface area contributed by atoms with Crippen LogP contribution < -0.4 is 21.7 Å². The van der Waals surface area contributed by atoms with E-state index in [4.69, 9.17) is 10.2 Å². The molecule has 5 rings (SSSR count). The molecule has 4 atom stereocenters. The minimum atomic E-state index is -0.313. The van der Waals surface area contributed by atoms with Gasteiger partial charge in [-0.15, -0.1) is 0 Å². The van der Waals surface area contributed by atoms with Crippen molar-refractivity contribution in [3.8, 4) is 0 Å². The fourth-order valence-electron chi connectivity index (χ4n) is 5.17. The Morgan fingerprint density at radius 3 is 2.71 bits per heavy atom. The van der Waals surface area contributed by atoms with Gasteiger partial charge < -0.3 is 26.1 Å². The van der Waals surface area contributed by atoms with E-state index in [9.17, 15) is 9.59 Å². The fraction of sp³-hybridized carbons (Fsp3) is 0.360. The number of carbonyl (C=O) groups is 2. The zero-order valence-corrected chi connectivity index (χ0v) is 19.3. The van der Waals surface area contributed by atoms with Gasteiger partial charge in [0.2, 0.25) is 18.3 Å². The Balaban J connectivity index is 1.47. The van der Waals surface area contributed by atoms with Gasteiger partial charge in [-0.25, -0.2) is 4.98 Å². The van der Waals surface area contributed by atoms with Gasteiger partial charge in [0.25, 0.3) is 0 Å². The van der Waals surface area contributed by atoms with Crippen LogP contribution in [0, 0.1) is 17.8 Å². The number of primary amides is 1. The molecule has 2 aliphatic rings. The molecule has 2 bridgehead atoms. The summed E-state index contributed by atoms with van der Waals surface area (Å²) >= 11 is 0. The molecule has 2 heterocycles. The van der Waals surface area contributed by atoms with Crippen LogP contribution in [0.15, 0.2) is 47.1 Å². The summed E-state index contributed by atoms with van der Waals surface area (Å²) in [5.41, 5.74) is 9.19. The Kier molecular flexibility index (Phi) is 5.27. The van der Waals surface area contributed by atoms with Crippen molar-refractivity contribution in [2.75, 3.05) is 16.0 Å². The van der Waals surface area contributed by atoms with Gasteiger partial charge in [-0.05, 0) is 41.4 Å². The van der Waals surface area contributed by atoms with Crippen LogP contribution in [0.5, 0.6) is 0 Å². The SMILES string of the molecule is CC(C)(C)c1ccc(Nc2nc(NC3C4C=CC(C4)C3C(N)=O)c3occc3n2)cc1NC=O. The van der Waals surface area contributed by atoms with E-state index in [1.807, 2.05) is 18.2 Å². The molecule has 1 saturated carbocycles. The number of hydrogen-bond donors (Lipinski definition) is 4. The molecule has 0 spiro atoms. The maximum atomic E-state index is 12.1. The number of nitrogens with one attached hydrogen (secondary N) is 3. The topological polar surface area (TPSA) is 135 Å². The summed E-state index contributed by atoms with van der Waals surface area (Å²) in [5, 5.41) is 9.44. The highest BCUT2D eigenvalue weighted by Crippen LogP contribution is 2.45. The second-order valence-corrected chi connectivity index (χ2v) is 9.97. The van der Waals surface area contributed by atoms with Crippen LogP contribution >= 0.6 is 0 Å². The maximum absolute atomic E-state index is 12.1. The molecule has 3 aromatic rings. The number of nitrogens with two attached hydrogens (primary N) is 1. The number of anilines is 4. The van der Waals surface area contributed by atoms with E-state index in [0.29, 0.717) is 35.0 Å². The normalized spacial score (nSPS) is 23.3. The van der Waals surface area contributed by atoms with Crippen LogP contribution in [0.3, 0.4) is 0 Å².